The monoisotopic (exact) mass is 135 g/mol. The van der Waals surface area contributed by atoms with Gasteiger partial charge in [0.25, 0.3) is 0 Å². The maximum Gasteiger partial charge on any atom is 0.458 e. The molecule has 0 rings (SSSR count). The van der Waals surface area contributed by atoms with E-state index in [-0.39, 0.29) is 0 Å². The molecule has 2 nitrogen and oxygen atoms in total. The highest BCUT2D eigenvalue weighted by molar-refractivity contribution is 7.65. The molecule has 3 heteroatoms. The van der Waals surface area contributed by atoms with Crippen LogP contribution in [-0.4, -0.2) is 19.0 Å². The van der Waals surface area contributed by atoms with Crippen molar-refractivity contribution in [2.24, 2.45) is 0 Å². The SMILES string of the molecule is CCOCCC[S+]=O. The molecular weight excluding hydrogens is 124 g/mol. The molecule has 0 aliphatic rings. The Morgan fingerprint density at radius 3 is 2.88 bits per heavy atom. The van der Waals surface area contributed by atoms with Gasteiger partial charge in [0.2, 0.25) is 5.75 Å². The van der Waals surface area contributed by atoms with Gasteiger partial charge in [-0.05, 0) is 6.92 Å². The molecule has 48 valence electrons. The van der Waals surface area contributed by atoms with Crippen LogP contribution in [0.15, 0.2) is 0 Å². The predicted octanol–water partition coefficient (Wildman–Crippen LogP) is 0.841. The largest absolute Gasteiger partial charge is 0.458 e. The minimum atomic E-state index is 0.622. The van der Waals surface area contributed by atoms with Crippen LogP contribution >= 0.6 is 0 Å². The van der Waals surface area contributed by atoms with Crippen molar-refractivity contribution < 1.29 is 8.95 Å². The summed E-state index contributed by atoms with van der Waals surface area (Å²) < 4.78 is 14.7. The summed E-state index contributed by atoms with van der Waals surface area (Å²) in [5, 5.41) is 0. The van der Waals surface area contributed by atoms with Gasteiger partial charge < -0.3 is 4.74 Å². The molecule has 0 amide bonds. The van der Waals surface area contributed by atoms with Crippen molar-refractivity contribution in [3.8, 4) is 0 Å². The summed E-state index contributed by atoms with van der Waals surface area (Å²) in [6.45, 7) is 3.43. The lowest BCUT2D eigenvalue weighted by molar-refractivity contribution is 0.149. The van der Waals surface area contributed by atoms with Gasteiger partial charge >= 0.3 is 11.7 Å². The van der Waals surface area contributed by atoms with Crippen molar-refractivity contribution in [1.29, 1.82) is 0 Å². The van der Waals surface area contributed by atoms with E-state index in [9.17, 15) is 4.21 Å². The second-order valence-corrected chi connectivity index (χ2v) is 2.02. The summed E-state index contributed by atoms with van der Waals surface area (Å²) >= 11 is 0.622. The van der Waals surface area contributed by atoms with Gasteiger partial charge in [-0.25, -0.2) is 0 Å². The molecule has 0 atom stereocenters. The van der Waals surface area contributed by atoms with Gasteiger partial charge in [-0.15, -0.1) is 0 Å². The second-order valence-electron chi connectivity index (χ2n) is 1.37. The molecule has 8 heavy (non-hydrogen) atoms. The van der Waals surface area contributed by atoms with Gasteiger partial charge in [0.1, 0.15) is 0 Å². The highest BCUT2D eigenvalue weighted by Crippen LogP contribution is 1.79. The average Bonchev–Trinajstić information content (AvgIpc) is 1.81. The Labute approximate surface area is 53.7 Å². The molecular formula is C5H11O2S+. The van der Waals surface area contributed by atoms with E-state index in [0.29, 0.717) is 17.4 Å². The zero-order chi connectivity index (χ0) is 6.24. The Hall–Kier alpha value is -0.0200. The summed E-state index contributed by atoms with van der Waals surface area (Å²) in [7, 11) is 0. The lowest BCUT2D eigenvalue weighted by atomic mass is 10.5. The third-order valence-electron chi connectivity index (χ3n) is 0.720. The smallest absolute Gasteiger partial charge is 0.382 e. The molecule has 0 aromatic rings. The molecule has 0 aliphatic carbocycles. The normalized spacial score (nSPS) is 9.12. The summed E-state index contributed by atoms with van der Waals surface area (Å²) in [6, 6.07) is 0. The van der Waals surface area contributed by atoms with Crippen LogP contribution in [0.2, 0.25) is 0 Å². The molecule has 0 N–H and O–H groups in total. The Morgan fingerprint density at radius 1 is 1.62 bits per heavy atom. The van der Waals surface area contributed by atoms with E-state index in [4.69, 9.17) is 4.74 Å². The first-order chi connectivity index (χ1) is 3.91. The molecule has 0 bridgehead atoms. The highest BCUT2D eigenvalue weighted by atomic mass is 32.1. The molecule has 0 heterocycles. The molecule has 0 unspecified atom stereocenters. The van der Waals surface area contributed by atoms with Crippen molar-refractivity contribution in [1.82, 2.24) is 0 Å². The zero-order valence-electron chi connectivity index (χ0n) is 5.05. The van der Waals surface area contributed by atoms with E-state index >= 15 is 0 Å². The first kappa shape index (κ1) is 7.98. The van der Waals surface area contributed by atoms with Crippen LogP contribution in [0.5, 0.6) is 0 Å². The van der Waals surface area contributed by atoms with E-state index in [1.807, 2.05) is 6.92 Å². The molecule has 0 radical (unpaired) electrons. The lowest BCUT2D eigenvalue weighted by Gasteiger charge is -1.91. The first-order valence-corrected chi connectivity index (χ1v) is 3.65. The summed E-state index contributed by atoms with van der Waals surface area (Å²) in [5.74, 6) is 0.667. The van der Waals surface area contributed by atoms with Gasteiger partial charge in [-0.2, -0.15) is 0 Å². The maximum absolute atomic E-state index is 9.75. The fourth-order valence-corrected chi connectivity index (χ4v) is 0.600. The van der Waals surface area contributed by atoms with Crippen LogP contribution in [0.1, 0.15) is 13.3 Å². The van der Waals surface area contributed by atoms with Gasteiger partial charge in [-0.1, -0.05) is 0 Å². The summed E-state index contributed by atoms with van der Waals surface area (Å²) in [4.78, 5) is 0. The van der Waals surface area contributed by atoms with E-state index in [2.05, 4.69) is 0 Å². The van der Waals surface area contributed by atoms with E-state index < -0.39 is 0 Å². The third-order valence-corrected chi connectivity index (χ3v) is 1.18. The molecule has 0 saturated carbocycles. The fourth-order valence-electron chi connectivity index (χ4n) is 0.364. The quantitative estimate of drug-likeness (QED) is 0.412. The molecule has 0 spiro atoms. The van der Waals surface area contributed by atoms with Crippen molar-refractivity contribution in [3.63, 3.8) is 0 Å². The Bertz CT molecular complexity index is 56.4. The number of rotatable bonds is 5. The zero-order valence-corrected chi connectivity index (χ0v) is 5.87. The third kappa shape index (κ3) is 5.98. The summed E-state index contributed by atoms with van der Waals surface area (Å²) in [6.07, 6.45) is 0.877. The maximum atomic E-state index is 9.75. The molecule has 0 aliphatic heterocycles. The molecule has 0 fully saturated rings. The second kappa shape index (κ2) is 6.98. The topological polar surface area (TPSA) is 26.3 Å². The van der Waals surface area contributed by atoms with Gasteiger partial charge in [-0.3, -0.25) is 0 Å². The average molecular weight is 135 g/mol. The highest BCUT2D eigenvalue weighted by Gasteiger charge is 1.94. The standard InChI is InChI=1S/C5H11O2S/c1-2-7-4-3-5-8-6/h2-5H2,1H3/q+1. The van der Waals surface area contributed by atoms with Crippen molar-refractivity contribution in [2.75, 3.05) is 19.0 Å². The first-order valence-electron chi connectivity index (χ1n) is 2.74. The van der Waals surface area contributed by atoms with Crippen LogP contribution in [0.4, 0.5) is 0 Å². The van der Waals surface area contributed by atoms with Gasteiger partial charge in [0.05, 0.1) is 6.61 Å². The van der Waals surface area contributed by atoms with Crippen LogP contribution in [0.25, 0.3) is 0 Å². The van der Waals surface area contributed by atoms with Crippen LogP contribution in [-0.2, 0) is 20.6 Å². The lowest BCUT2D eigenvalue weighted by Crippen LogP contribution is -1.95. The van der Waals surface area contributed by atoms with E-state index in [1.165, 1.54) is 0 Å². The minimum absolute atomic E-state index is 0.622. The minimum Gasteiger partial charge on any atom is -0.382 e. The van der Waals surface area contributed by atoms with Gasteiger partial charge in [0.15, 0.2) is 0 Å². The van der Waals surface area contributed by atoms with Crippen LogP contribution < -0.4 is 0 Å². The number of ether oxygens (including phenoxy) is 1. The number of hydrogen-bond acceptors (Lipinski definition) is 2. The Kier molecular flexibility index (Phi) is 6.96. The van der Waals surface area contributed by atoms with Crippen molar-refractivity contribution in [3.05, 3.63) is 0 Å². The van der Waals surface area contributed by atoms with Gasteiger partial charge in [0, 0.05) is 17.2 Å². The van der Waals surface area contributed by atoms with E-state index in [1.54, 1.807) is 0 Å². The molecule has 0 aromatic carbocycles. The van der Waals surface area contributed by atoms with Crippen LogP contribution in [0, 0.1) is 0 Å². The van der Waals surface area contributed by atoms with Crippen LogP contribution in [0.3, 0.4) is 0 Å². The fraction of sp³-hybridized carbons (Fsp3) is 1.00. The van der Waals surface area contributed by atoms with Crippen molar-refractivity contribution in [2.45, 2.75) is 13.3 Å². The molecule has 0 aromatic heterocycles. The predicted molar refractivity (Wildman–Crippen MR) is 34.0 cm³/mol. The Morgan fingerprint density at radius 2 is 2.38 bits per heavy atom. The van der Waals surface area contributed by atoms with Crippen molar-refractivity contribution >= 4 is 11.7 Å². The summed E-state index contributed by atoms with van der Waals surface area (Å²) in [5.41, 5.74) is 0. The Balaban J connectivity index is 2.62. The van der Waals surface area contributed by atoms with E-state index in [0.717, 1.165) is 19.6 Å². The molecule has 0 saturated heterocycles. The number of hydrogen-bond donors (Lipinski definition) is 0.